The van der Waals surface area contributed by atoms with E-state index in [1.165, 1.54) is 24.8 Å². The summed E-state index contributed by atoms with van der Waals surface area (Å²) in [6, 6.07) is 16.7. The van der Waals surface area contributed by atoms with Crippen LogP contribution in [0.4, 0.5) is 5.69 Å². The third-order valence-corrected chi connectivity index (χ3v) is 4.82. The lowest BCUT2D eigenvalue weighted by Crippen LogP contribution is -2.37. The summed E-state index contributed by atoms with van der Waals surface area (Å²) in [5.74, 6) is 1.79. The van der Waals surface area contributed by atoms with Gasteiger partial charge < -0.3 is 14.8 Å². The zero-order chi connectivity index (χ0) is 16.1. The van der Waals surface area contributed by atoms with Crippen LogP contribution >= 0.6 is 0 Å². The Bertz CT molecular complexity index is 613. The second-order valence-corrected chi connectivity index (χ2v) is 6.22. The molecule has 0 saturated heterocycles. The smallest absolute Gasteiger partial charge is 0.119 e. The lowest BCUT2D eigenvalue weighted by Gasteiger charge is -2.39. The summed E-state index contributed by atoms with van der Waals surface area (Å²) in [6.45, 7) is 0. The summed E-state index contributed by atoms with van der Waals surface area (Å²) in [6.07, 6.45) is 6.16. The van der Waals surface area contributed by atoms with Gasteiger partial charge in [-0.15, -0.1) is 0 Å². The standard InChI is InChI=1S/C20H25NO2/c1-22-18-10-6-16(7-11-18)20(14-4-3-5-15-20)21-17-8-12-19(23-2)13-9-17/h6-13,21H,3-5,14-15H2,1-2H3. The van der Waals surface area contributed by atoms with Crippen molar-refractivity contribution in [3.63, 3.8) is 0 Å². The van der Waals surface area contributed by atoms with E-state index in [9.17, 15) is 0 Å². The highest BCUT2D eigenvalue weighted by Crippen LogP contribution is 2.40. The van der Waals surface area contributed by atoms with Crippen molar-refractivity contribution >= 4 is 5.69 Å². The second kappa shape index (κ2) is 6.95. The van der Waals surface area contributed by atoms with Crippen molar-refractivity contribution in [1.82, 2.24) is 0 Å². The zero-order valence-electron chi connectivity index (χ0n) is 14.0. The number of nitrogens with one attached hydrogen (secondary N) is 1. The number of ether oxygens (including phenoxy) is 2. The molecule has 0 bridgehead atoms. The summed E-state index contributed by atoms with van der Waals surface area (Å²) in [7, 11) is 3.41. The van der Waals surface area contributed by atoms with Crippen molar-refractivity contribution in [2.75, 3.05) is 19.5 Å². The topological polar surface area (TPSA) is 30.5 Å². The molecule has 3 heteroatoms. The van der Waals surface area contributed by atoms with Crippen LogP contribution in [0.5, 0.6) is 11.5 Å². The van der Waals surface area contributed by atoms with E-state index in [1.54, 1.807) is 14.2 Å². The third kappa shape index (κ3) is 3.44. The molecular weight excluding hydrogens is 286 g/mol. The van der Waals surface area contributed by atoms with Gasteiger partial charge in [0.05, 0.1) is 19.8 Å². The monoisotopic (exact) mass is 311 g/mol. The lowest BCUT2D eigenvalue weighted by molar-refractivity contribution is 0.330. The lowest BCUT2D eigenvalue weighted by atomic mass is 9.76. The zero-order valence-corrected chi connectivity index (χ0v) is 14.0. The third-order valence-electron chi connectivity index (χ3n) is 4.82. The van der Waals surface area contributed by atoms with E-state index in [-0.39, 0.29) is 5.54 Å². The van der Waals surface area contributed by atoms with Crippen LogP contribution in [0, 0.1) is 0 Å². The molecule has 0 heterocycles. The highest BCUT2D eigenvalue weighted by Gasteiger charge is 2.33. The first-order valence-electron chi connectivity index (χ1n) is 8.32. The van der Waals surface area contributed by atoms with Gasteiger partial charge in [0.1, 0.15) is 11.5 Å². The molecule has 1 N–H and O–H groups in total. The summed E-state index contributed by atoms with van der Waals surface area (Å²) in [5.41, 5.74) is 2.50. The van der Waals surface area contributed by atoms with E-state index in [0.29, 0.717) is 0 Å². The van der Waals surface area contributed by atoms with Gasteiger partial charge in [0.2, 0.25) is 0 Å². The number of methoxy groups -OCH3 is 2. The van der Waals surface area contributed by atoms with Crippen LogP contribution in [-0.2, 0) is 5.54 Å². The first kappa shape index (κ1) is 15.7. The average Bonchev–Trinajstić information content (AvgIpc) is 2.63. The molecule has 0 radical (unpaired) electrons. The molecule has 0 aliphatic heterocycles. The van der Waals surface area contributed by atoms with Gasteiger partial charge in [0, 0.05) is 5.69 Å². The van der Waals surface area contributed by atoms with Crippen molar-refractivity contribution in [1.29, 1.82) is 0 Å². The molecule has 1 aliphatic carbocycles. The minimum Gasteiger partial charge on any atom is -0.497 e. The highest BCUT2D eigenvalue weighted by molar-refractivity contribution is 5.51. The van der Waals surface area contributed by atoms with Crippen molar-refractivity contribution in [2.24, 2.45) is 0 Å². The molecule has 2 aromatic rings. The molecular formula is C20H25NO2. The predicted molar refractivity (Wildman–Crippen MR) is 94.4 cm³/mol. The first-order chi connectivity index (χ1) is 11.3. The van der Waals surface area contributed by atoms with Crippen LogP contribution in [0.2, 0.25) is 0 Å². The minimum absolute atomic E-state index is 0.0130. The molecule has 1 saturated carbocycles. The fourth-order valence-corrected chi connectivity index (χ4v) is 3.50. The van der Waals surface area contributed by atoms with Crippen molar-refractivity contribution in [3.05, 3.63) is 54.1 Å². The van der Waals surface area contributed by atoms with E-state index in [0.717, 1.165) is 30.0 Å². The van der Waals surface area contributed by atoms with Crippen LogP contribution in [0.25, 0.3) is 0 Å². The number of benzene rings is 2. The van der Waals surface area contributed by atoms with Gasteiger partial charge in [-0.25, -0.2) is 0 Å². The van der Waals surface area contributed by atoms with Crippen molar-refractivity contribution < 1.29 is 9.47 Å². The first-order valence-corrected chi connectivity index (χ1v) is 8.32. The van der Waals surface area contributed by atoms with Crippen LogP contribution in [0.1, 0.15) is 37.7 Å². The normalized spacial score (nSPS) is 16.6. The molecule has 3 rings (SSSR count). The molecule has 0 spiro atoms. The second-order valence-electron chi connectivity index (χ2n) is 6.22. The fourth-order valence-electron chi connectivity index (χ4n) is 3.50. The van der Waals surface area contributed by atoms with Crippen LogP contribution in [0.15, 0.2) is 48.5 Å². The van der Waals surface area contributed by atoms with E-state index in [1.807, 2.05) is 12.1 Å². The Balaban J connectivity index is 1.88. The maximum absolute atomic E-state index is 5.30. The SMILES string of the molecule is COc1ccc(NC2(c3ccc(OC)cc3)CCCCC2)cc1. The Kier molecular flexibility index (Phi) is 4.75. The molecule has 0 atom stereocenters. The van der Waals surface area contributed by atoms with Gasteiger partial charge >= 0.3 is 0 Å². The predicted octanol–water partition coefficient (Wildman–Crippen LogP) is 4.98. The Morgan fingerprint density at radius 2 is 1.26 bits per heavy atom. The Hall–Kier alpha value is -2.16. The summed E-state index contributed by atoms with van der Waals surface area (Å²) in [4.78, 5) is 0. The Morgan fingerprint density at radius 3 is 1.78 bits per heavy atom. The summed E-state index contributed by atoms with van der Waals surface area (Å²) >= 11 is 0. The van der Waals surface area contributed by atoms with E-state index in [2.05, 4.69) is 41.7 Å². The Labute approximate surface area is 138 Å². The molecule has 23 heavy (non-hydrogen) atoms. The molecule has 3 nitrogen and oxygen atoms in total. The molecule has 0 aromatic heterocycles. The molecule has 122 valence electrons. The number of anilines is 1. The summed E-state index contributed by atoms with van der Waals surface area (Å²) in [5, 5.41) is 3.80. The van der Waals surface area contributed by atoms with E-state index < -0.39 is 0 Å². The van der Waals surface area contributed by atoms with Crippen LogP contribution in [-0.4, -0.2) is 14.2 Å². The maximum atomic E-state index is 5.30. The van der Waals surface area contributed by atoms with Crippen molar-refractivity contribution in [2.45, 2.75) is 37.6 Å². The molecule has 0 amide bonds. The summed E-state index contributed by atoms with van der Waals surface area (Å²) < 4.78 is 10.6. The Morgan fingerprint density at radius 1 is 0.739 bits per heavy atom. The maximum Gasteiger partial charge on any atom is 0.119 e. The van der Waals surface area contributed by atoms with Crippen LogP contribution < -0.4 is 14.8 Å². The van der Waals surface area contributed by atoms with Gasteiger partial charge in [-0.3, -0.25) is 0 Å². The molecule has 0 unspecified atom stereocenters. The average molecular weight is 311 g/mol. The minimum atomic E-state index is 0.0130. The van der Waals surface area contributed by atoms with Gasteiger partial charge in [0.15, 0.2) is 0 Å². The van der Waals surface area contributed by atoms with Crippen LogP contribution in [0.3, 0.4) is 0 Å². The molecule has 1 aliphatic rings. The number of hydrogen-bond donors (Lipinski definition) is 1. The van der Waals surface area contributed by atoms with Gasteiger partial charge in [-0.05, 0) is 54.8 Å². The fraction of sp³-hybridized carbons (Fsp3) is 0.400. The largest absolute Gasteiger partial charge is 0.497 e. The van der Waals surface area contributed by atoms with E-state index in [4.69, 9.17) is 9.47 Å². The molecule has 1 fully saturated rings. The quantitative estimate of drug-likeness (QED) is 0.845. The van der Waals surface area contributed by atoms with Gasteiger partial charge in [-0.1, -0.05) is 31.4 Å². The van der Waals surface area contributed by atoms with Crippen molar-refractivity contribution in [3.8, 4) is 11.5 Å². The number of rotatable bonds is 5. The van der Waals surface area contributed by atoms with E-state index >= 15 is 0 Å². The number of hydrogen-bond acceptors (Lipinski definition) is 3. The van der Waals surface area contributed by atoms with Gasteiger partial charge in [0.25, 0.3) is 0 Å². The highest BCUT2D eigenvalue weighted by atomic mass is 16.5. The van der Waals surface area contributed by atoms with Gasteiger partial charge in [-0.2, -0.15) is 0 Å². The molecule has 2 aromatic carbocycles.